The molecular formula is C19H26N4O2S2. The van der Waals surface area contributed by atoms with Crippen molar-refractivity contribution >= 4 is 37.4 Å². The van der Waals surface area contributed by atoms with Crippen LogP contribution < -0.4 is 10.0 Å². The van der Waals surface area contributed by atoms with Gasteiger partial charge in [-0.05, 0) is 62.8 Å². The van der Waals surface area contributed by atoms with E-state index < -0.39 is 10.0 Å². The first-order valence-electron chi connectivity index (χ1n) is 10.1. The van der Waals surface area contributed by atoms with Crippen LogP contribution in [0.2, 0.25) is 0 Å². The van der Waals surface area contributed by atoms with E-state index in [2.05, 4.69) is 4.90 Å². The zero-order valence-corrected chi connectivity index (χ0v) is 17.1. The molecule has 0 radical (unpaired) electrons. The second-order valence-electron chi connectivity index (χ2n) is 8.35. The summed E-state index contributed by atoms with van der Waals surface area (Å²) in [7, 11) is -3.44. The SMILES string of the molecule is NS(=O)(=O)CC1CCCN(c2nc(C3CC3)nc3sc4c(c23)CCCC4)C1. The highest BCUT2D eigenvalue weighted by atomic mass is 32.2. The Morgan fingerprint density at radius 3 is 2.70 bits per heavy atom. The normalized spacial score (nSPS) is 23.6. The largest absolute Gasteiger partial charge is 0.356 e. The maximum Gasteiger partial charge on any atom is 0.209 e. The van der Waals surface area contributed by atoms with Gasteiger partial charge in [-0.3, -0.25) is 0 Å². The van der Waals surface area contributed by atoms with Gasteiger partial charge in [-0.2, -0.15) is 0 Å². The maximum absolute atomic E-state index is 11.6. The minimum atomic E-state index is -3.44. The van der Waals surface area contributed by atoms with Crippen LogP contribution in [0, 0.1) is 5.92 Å². The molecule has 2 aliphatic carbocycles. The first-order chi connectivity index (χ1) is 13.0. The van der Waals surface area contributed by atoms with Crippen molar-refractivity contribution in [2.45, 2.75) is 57.3 Å². The van der Waals surface area contributed by atoms with Gasteiger partial charge >= 0.3 is 0 Å². The number of hydrogen-bond donors (Lipinski definition) is 1. The Balaban J connectivity index is 1.57. The number of nitrogens with two attached hydrogens (primary N) is 1. The van der Waals surface area contributed by atoms with Gasteiger partial charge in [0.2, 0.25) is 10.0 Å². The third-order valence-electron chi connectivity index (χ3n) is 6.04. The lowest BCUT2D eigenvalue weighted by Crippen LogP contribution is -2.40. The van der Waals surface area contributed by atoms with Crippen molar-refractivity contribution in [3.63, 3.8) is 0 Å². The van der Waals surface area contributed by atoms with Crippen molar-refractivity contribution in [3.05, 3.63) is 16.3 Å². The lowest BCUT2D eigenvalue weighted by Gasteiger charge is -2.34. The predicted octanol–water partition coefficient (Wildman–Crippen LogP) is 2.95. The summed E-state index contributed by atoms with van der Waals surface area (Å²) < 4.78 is 23.2. The predicted molar refractivity (Wildman–Crippen MR) is 109 cm³/mol. The molecule has 1 saturated heterocycles. The maximum atomic E-state index is 11.6. The molecule has 27 heavy (non-hydrogen) atoms. The number of aryl methyl sites for hydroxylation is 2. The van der Waals surface area contributed by atoms with Crippen LogP contribution in [0.15, 0.2) is 0 Å². The van der Waals surface area contributed by atoms with E-state index in [-0.39, 0.29) is 11.7 Å². The molecule has 0 aromatic carbocycles. The highest BCUT2D eigenvalue weighted by Crippen LogP contribution is 2.44. The quantitative estimate of drug-likeness (QED) is 0.843. The highest BCUT2D eigenvalue weighted by Gasteiger charge is 2.32. The molecule has 1 atom stereocenters. The molecule has 3 aliphatic rings. The summed E-state index contributed by atoms with van der Waals surface area (Å²) in [5.41, 5.74) is 1.45. The van der Waals surface area contributed by atoms with Crippen LogP contribution in [0.5, 0.6) is 0 Å². The van der Waals surface area contributed by atoms with Crippen LogP contribution in [0.4, 0.5) is 5.82 Å². The molecule has 2 fully saturated rings. The molecule has 8 heteroatoms. The summed E-state index contributed by atoms with van der Waals surface area (Å²) in [5.74, 6) is 2.70. The molecule has 0 spiro atoms. The van der Waals surface area contributed by atoms with Gasteiger partial charge in [0.1, 0.15) is 16.5 Å². The second-order valence-corrected chi connectivity index (χ2v) is 11.1. The van der Waals surface area contributed by atoms with Crippen LogP contribution >= 0.6 is 11.3 Å². The van der Waals surface area contributed by atoms with E-state index in [4.69, 9.17) is 15.1 Å². The minimum absolute atomic E-state index is 0.0644. The third-order valence-corrected chi connectivity index (χ3v) is 8.16. The Labute approximate surface area is 164 Å². The number of nitrogens with zero attached hydrogens (tertiary/aromatic N) is 3. The van der Waals surface area contributed by atoms with Crippen LogP contribution in [0.1, 0.15) is 60.7 Å². The molecule has 0 amide bonds. The Bertz CT molecular complexity index is 981. The van der Waals surface area contributed by atoms with E-state index in [0.717, 1.165) is 55.2 Å². The number of anilines is 1. The summed E-state index contributed by atoms with van der Waals surface area (Å²) in [6.45, 7) is 1.65. The number of primary sulfonamides is 1. The Morgan fingerprint density at radius 1 is 1.11 bits per heavy atom. The Morgan fingerprint density at radius 2 is 1.93 bits per heavy atom. The van der Waals surface area contributed by atoms with Crippen molar-refractivity contribution < 1.29 is 8.42 Å². The fourth-order valence-electron chi connectivity index (χ4n) is 4.63. The molecule has 6 nitrogen and oxygen atoms in total. The molecule has 2 aromatic rings. The first kappa shape index (κ1) is 17.8. The topological polar surface area (TPSA) is 89.2 Å². The number of sulfonamides is 1. The van der Waals surface area contributed by atoms with Crippen LogP contribution in [0.25, 0.3) is 10.2 Å². The molecule has 2 aromatic heterocycles. The van der Waals surface area contributed by atoms with Gasteiger partial charge in [0.05, 0.1) is 11.1 Å². The zero-order chi connectivity index (χ0) is 18.6. The Kier molecular flexibility index (Phi) is 4.40. The number of piperidine rings is 1. The highest BCUT2D eigenvalue weighted by molar-refractivity contribution is 7.89. The zero-order valence-electron chi connectivity index (χ0n) is 15.5. The van der Waals surface area contributed by atoms with Crippen molar-refractivity contribution in [2.24, 2.45) is 11.1 Å². The average molecular weight is 407 g/mol. The molecule has 146 valence electrons. The lowest BCUT2D eigenvalue weighted by atomic mass is 9.95. The number of hydrogen-bond acceptors (Lipinski definition) is 6. The molecule has 1 saturated carbocycles. The number of thiophene rings is 1. The molecule has 5 rings (SSSR count). The molecule has 2 N–H and O–H groups in total. The molecule has 1 unspecified atom stereocenters. The fourth-order valence-corrected chi connectivity index (χ4v) is 6.82. The number of rotatable bonds is 4. The van der Waals surface area contributed by atoms with E-state index in [9.17, 15) is 8.42 Å². The molecule has 0 bridgehead atoms. The summed E-state index contributed by atoms with van der Waals surface area (Å²) in [6.07, 6.45) is 9.03. The third kappa shape index (κ3) is 3.59. The van der Waals surface area contributed by atoms with Gasteiger partial charge in [-0.15, -0.1) is 11.3 Å². The molecule has 1 aliphatic heterocycles. The van der Waals surface area contributed by atoms with Crippen LogP contribution in [-0.2, 0) is 22.9 Å². The monoisotopic (exact) mass is 406 g/mol. The van der Waals surface area contributed by atoms with E-state index in [0.29, 0.717) is 5.92 Å². The van der Waals surface area contributed by atoms with Gasteiger partial charge in [-0.25, -0.2) is 23.5 Å². The standard InChI is InChI=1S/C19H26N4O2S2/c20-27(24,25)11-12-4-3-9-23(10-12)18-16-14-5-1-2-6-15(14)26-19(16)22-17(21-18)13-7-8-13/h12-13H,1-11H2,(H2,20,24,25). The Hall–Kier alpha value is -1.25. The smallest absolute Gasteiger partial charge is 0.209 e. The van der Waals surface area contributed by atoms with E-state index >= 15 is 0 Å². The second kappa shape index (κ2) is 6.67. The van der Waals surface area contributed by atoms with Crippen molar-refractivity contribution in [2.75, 3.05) is 23.7 Å². The van der Waals surface area contributed by atoms with Crippen LogP contribution in [0.3, 0.4) is 0 Å². The lowest BCUT2D eigenvalue weighted by molar-refractivity contribution is 0.442. The average Bonchev–Trinajstić information content (AvgIpc) is 3.40. The summed E-state index contributed by atoms with van der Waals surface area (Å²) in [5, 5.41) is 6.56. The van der Waals surface area contributed by atoms with E-state index in [1.165, 1.54) is 41.5 Å². The molecule has 3 heterocycles. The summed E-state index contributed by atoms with van der Waals surface area (Å²) in [6, 6.07) is 0. The van der Waals surface area contributed by atoms with Crippen molar-refractivity contribution in [1.82, 2.24) is 9.97 Å². The van der Waals surface area contributed by atoms with E-state index in [1.54, 1.807) is 0 Å². The van der Waals surface area contributed by atoms with Gasteiger partial charge in [0.25, 0.3) is 0 Å². The van der Waals surface area contributed by atoms with Gasteiger partial charge in [0.15, 0.2) is 0 Å². The van der Waals surface area contributed by atoms with Crippen molar-refractivity contribution in [1.29, 1.82) is 0 Å². The number of fused-ring (bicyclic) bond motifs is 3. The van der Waals surface area contributed by atoms with Crippen molar-refractivity contribution in [3.8, 4) is 0 Å². The number of aromatic nitrogens is 2. The van der Waals surface area contributed by atoms with Gasteiger partial charge < -0.3 is 4.90 Å². The molecular weight excluding hydrogens is 380 g/mol. The summed E-state index contributed by atoms with van der Waals surface area (Å²) >= 11 is 1.85. The van der Waals surface area contributed by atoms with E-state index in [1.807, 2.05) is 11.3 Å². The minimum Gasteiger partial charge on any atom is -0.356 e. The van der Waals surface area contributed by atoms with Gasteiger partial charge in [-0.1, -0.05) is 0 Å². The first-order valence-corrected chi connectivity index (χ1v) is 12.6. The summed E-state index contributed by atoms with van der Waals surface area (Å²) in [4.78, 5) is 14.9. The van der Waals surface area contributed by atoms with Gasteiger partial charge in [0, 0.05) is 23.9 Å². The fraction of sp³-hybridized carbons (Fsp3) is 0.684. The van der Waals surface area contributed by atoms with Crippen LogP contribution in [-0.4, -0.2) is 37.2 Å².